The molecule has 0 fully saturated rings. The second-order valence-electron chi connectivity index (χ2n) is 5.67. The van der Waals surface area contributed by atoms with E-state index in [1.807, 2.05) is 0 Å². The first kappa shape index (κ1) is 22.1. The Labute approximate surface area is 140 Å². The van der Waals surface area contributed by atoms with E-state index in [2.05, 4.69) is 5.32 Å². The zero-order valence-corrected chi connectivity index (χ0v) is 14.8. The van der Waals surface area contributed by atoms with Crippen LogP contribution in [-0.2, 0) is 33.9 Å². The molecule has 1 amide bonds. The molecule has 0 spiro atoms. The molecular formula is C13H23NO9S. The minimum atomic E-state index is -4.30. The average Bonchev–Trinajstić information content (AvgIpc) is 2.38. The van der Waals surface area contributed by atoms with Crippen molar-refractivity contribution in [3.8, 4) is 0 Å². The third kappa shape index (κ3) is 11.7. The summed E-state index contributed by atoms with van der Waals surface area (Å²) >= 11 is 0. The minimum absolute atomic E-state index is 0.0437. The Hall–Kier alpha value is -1.88. The van der Waals surface area contributed by atoms with E-state index in [1.165, 1.54) is 0 Å². The van der Waals surface area contributed by atoms with Gasteiger partial charge in [-0.3, -0.25) is 9.35 Å². The van der Waals surface area contributed by atoms with Crippen LogP contribution < -0.4 is 5.32 Å². The molecule has 1 unspecified atom stereocenters. The molecule has 0 aromatic heterocycles. The second-order valence-corrected chi connectivity index (χ2v) is 7.24. The average molecular weight is 369 g/mol. The lowest BCUT2D eigenvalue weighted by Crippen LogP contribution is -2.47. The van der Waals surface area contributed by atoms with Crippen LogP contribution in [0, 0.1) is 0 Å². The SMILES string of the molecule is CCOC(=O)C(COC(=O)CCS(=O)(=O)O)NC(=O)OC(C)(C)C. The third-order valence-electron chi connectivity index (χ3n) is 2.24. The molecule has 10 nitrogen and oxygen atoms in total. The van der Waals surface area contributed by atoms with E-state index < -0.39 is 58.6 Å². The summed E-state index contributed by atoms with van der Waals surface area (Å²) in [6.07, 6.45) is -1.50. The van der Waals surface area contributed by atoms with Gasteiger partial charge in [-0.25, -0.2) is 9.59 Å². The standard InChI is InChI=1S/C13H23NO9S/c1-5-21-11(16)9(14-12(17)23-13(2,3)4)8-22-10(15)6-7-24(18,19)20/h9H,5-8H2,1-4H3,(H,14,17)(H,18,19,20). The Morgan fingerprint density at radius 2 is 1.75 bits per heavy atom. The molecular weight excluding hydrogens is 346 g/mol. The zero-order chi connectivity index (χ0) is 19.0. The van der Waals surface area contributed by atoms with Crippen LogP contribution in [0.3, 0.4) is 0 Å². The summed E-state index contributed by atoms with van der Waals surface area (Å²) < 4.78 is 44.1. The van der Waals surface area contributed by atoms with Crippen molar-refractivity contribution in [2.75, 3.05) is 19.0 Å². The third-order valence-corrected chi connectivity index (χ3v) is 2.96. The predicted molar refractivity (Wildman–Crippen MR) is 81.8 cm³/mol. The van der Waals surface area contributed by atoms with Crippen molar-refractivity contribution in [1.82, 2.24) is 5.32 Å². The van der Waals surface area contributed by atoms with Gasteiger partial charge in [-0.15, -0.1) is 0 Å². The quantitative estimate of drug-likeness (QED) is 0.349. The first-order valence-electron chi connectivity index (χ1n) is 7.11. The fourth-order valence-corrected chi connectivity index (χ4v) is 1.75. The number of alkyl carbamates (subject to hydrolysis) is 1. The molecule has 0 saturated heterocycles. The van der Waals surface area contributed by atoms with Crippen molar-refractivity contribution < 1.29 is 41.6 Å². The van der Waals surface area contributed by atoms with Crippen LogP contribution in [0.2, 0.25) is 0 Å². The molecule has 0 aliphatic rings. The van der Waals surface area contributed by atoms with Gasteiger partial charge in [-0.1, -0.05) is 0 Å². The van der Waals surface area contributed by atoms with Crippen LogP contribution >= 0.6 is 0 Å². The maximum atomic E-state index is 11.8. The number of esters is 2. The van der Waals surface area contributed by atoms with Gasteiger partial charge in [0.25, 0.3) is 10.1 Å². The minimum Gasteiger partial charge on any atom is -0.464 e. The highest BCUT2D eigenvalue weighted by atomic mass is 32.2. The summed E-state index contributed by atoms with van der Waals surface area (Å²) in [7, 11) is -4.30. The molecule has 1 atom stereocenters. The van der Waals surface area contributed by atoms with Crippen molar-refractivity contribution in [2.45, 2.75) is 45.8 Å². The number of ether oxygens (including phenoxy) is 3. The summed E-state index contributed by atoms with van der Waals surface area (Å²) in [4.78, 5) is 34.8. The maximum Gasteiger partial charge on any atom is 0.408 e. The molecule has 0 rings (SSSR count). The molecule has 24 heavy (non-hydrogen) atoms. The summed E-state index contributed by atoms with van der Waals surface area (Å²) in [5.74, 6) is -2.62. The summed E-state index contributed by atoms with van der Waals surface area (Å²) in [5, 5.41) is 2.21. The fraction of sp³-hybridized carbons (Fsp3) is 0.769. The largest absolute Gasteiger partial charge is 0.464 e. The van der Waals surface area contributed by atoms with Gasteiger partial charge in [-0.05, 0) is 27.7 Å². The van der Waals surface area contributed by atoms with E-state index >= 15 is 0 Å². The monoisotopic (exact) mass is 369 g/mol. The molecule has 0 aromatic carbocycles. The number of hydrogen-bond donors (Lipinski definition) is 2. The van der Waals surface area contributed by atoms with Crippen molar-refractivity contribution >= 4 is 28.1 Å². The van der Waals surface area contributed by atoms with E-state index in [1.54, 1.807) is 27.7 Å². The van der Waals surface area contributed by atoms with Crippen LogP contribution in [0.15, 0.2) is 0 Å². The zero-order valence-electron chi connectivity index (χ0n) is 14.0. The summed E-state index contributed by atoms with van der Waals surface area (Å²) in [6.45, 7) is 5.91. The van der Waals surface area contributed by atoms with E-state index in [0.717, 1.165) is 0 Å². The van der Waals surface area contributed by atoms with E-state index in [0.29, 0.717) is 0 Å². The number of nitrogens with one attached hydrogen (secondary N) is 1. The Bertz CT molecular complexity index is 550. The summed E-state index contributed by atoms with van der Waals surface area (Å²) in [5.41, 5.74) is -0.796. The maximum absolute atomic E-state index is 11.8. The normalized spacial score (nSPS) is 12.9. The van der Waals surface area contributed by atoms with Crippen molar-refractivity contribution in [3.05, 3.63) is 0 Å². The predicted octanol–water partition coefficient (Wildman–Crippen LogP) is 0.264. The topological polar surface area (TPSA) is 145 Å². The first-order chi connectivity index (χ1) is 10.8. The lowest BCUT2D eigenvalue weighted by Gasteiger charge is -2.22. The number of rotatable bonds is 8. The number of carbonyl (C=O) groups is 3. The van der Waals surface area contributed by atoms with E-state index in [9.17, 15) is 22.8 Å². The van der Waals surface area contributed by atoms with Gasteiger partial charge >= 0.3 is 18.0 Å². The van der Waals surface area contributed by atoms with E-state index in [4.69, 9.17) is 18.8 Å². The molecule has 0 radical (unpaired) electrons. The van der Waals surface area contributed by atoms with Crippen LogP contribution in [0.1, 0.15) is 34.1 Å². The van der Waals surface area contributed by atoms with E-state index in [-0.39, 0.29) is 6.61 Å². The Kier molecular flexibility index (Phi) is 8.69. The van der Waals surface area contributed by atoms with Crippen LogP contribution in [-0.4, -0.2) is 61.6 Å². The lowest BCUT2D eigenvalue weighted by molar-refractivity contribution is -0.151. The Balaban J connectivity index is 4.65. The Morgan fingerprint density at radius 3 is 2.21 bits per heavy atom. The van der Waals surface area contributed by atoms with Crippen LogP contribution in [0.5, 0.6) is 0 Å². The highest BCUT2D eigenvalue weighted by Crippen LogP contribution is 2.07. The highest BCUT2D eigenvalue weighted by Gasteiger charge is 2.27. The second kappa shape index (κ2) is 9.42. The Morgan fingerprint density at radius 1 is 1.17 bits per heavy atom. The molecule has 0 aromatic rings. The molecule has 140 valence electrons. The van der Waals surface area contributed by atoms with Gasteiger partial charge in [-0.2, -0.15) is 8.42 Å². The van der Waals surface area contributed by atoms with Gasteiger partial charge < -0.3 is 19.5 Å². The lowest BCUT2D eigenvalue weighted by atomic mass is 10.2. The van der Waals surface area contributed by atoms with Gasteiger partial charge in [0.15, 0.2) is 6.04 Å². The number of amides is 1. The van der Waals surface area contributed by atoms with Crippen molar-refractivity contribution in [3.63, 3.8) is 0 Å². The van der Waals surface area contributed by atoms with Gasteiger partial charge in [0.05, 0.1) is 18.8 Å². The smallest absolute Gasteiger partial charge is 0.408 e. The van der Waals surface area contributed by atoms with Gasteiger partial charge in [0, 0.05) is 0 Å². The van der Waals surface area contributed by atoms with Crippen molar-refractivity contribution in [1.29, 1.82) is 0 Å². The van der Waals surface area contributed by atoms with Gasteiger partial charge in [0.1, 0.15) is 12.2 Å². The number of hydrogen-bond acceptors (Lipinski definition) is 8. The highest BCUT2D eigenvalue weighted by molar-refractivity contribution is 7.85. The fourth-order valence-electron chi connectivity index (χ4n) is 1.32. The number of carbonyl (C=O) groups excluding carboxylic acids is 3. The first-order valence-corrected chi connectivity index (χ1v) is 8.72. The van der Waals surface area contributed by atoms with Crippen LogP contribution in [0.25, 0.3) is 0 Å². The molecule has 0 aliphatic carbocycles. The summed E-state index contributed by atoms with van der Waals surface area (Å²) in [6, 6.07) is -1.31. The van der Waals surface area contributed by atoms with Crippen LogP contribution in [0.4, 0.5) is 4.79 Å². The molecule has 0 bridgehead atoms. The van der Waals surface area contributed by atoms with Crippen molar-refractivity contribution in [2.24, 2.45) is 0 Å². The molecule has 0 saturated carbocycles. The molecule has 0 heterocycles. The molecule has 0 aliphatic heterocycles. The molecule has 11 heteroatoms. The van der Waals surface area contributed by atoms with Gasteiger partial charge in [0.2, 0.25) is 0 Å². The molecule has 2 N–H and O–H groups in total.